The first-order valence-corrected chi connectivity index (χ1v) is 9.90. The number of amides is 3. The van der Waals surface area contributed by atoms with Crippen molar-refractivity contribution in [3.8, 4) is 11.8 Å². The fourth-order valence-electron chi connectivity index (χ4n) is 4.04. The maximum absolute atomic E-state index is 12.8. The molecule has 2 aromatic rings. The molecule has 0 aromatic heterocycles. The molecule has 0 saturated carbocycles. The molecule has 162 valence electrons. The second-order valence-corrected chi connectivity index (χ2v) is 7.51. The molecule has 2 atom stereocenters. The third kappa shape index (κ3) is 3.79. The van der Waals surface area contributed by atoms with E-state index in [0.29, 0.717) is 12.1 Å². The summed E-state index contributed by atoms with van der Waals surface area (Å²) < 4.78 is 0. The van der Waals surface area contributed by atoms with Gasteiger partial charge in [0.05, 0.1) is 17.5 Å². The molecule has 0 aliphatic carbocycles. The van der Waals surface area contributed by atoms with Crippen molar-refractivity contribution in [2.45, 2.75) is 24.8 Å². The summed E-state index contributed by atoms with van der Waals surface area (Å²) in [5, 5.41) is 21.5. The molecule has 4 N–H and O–H groups in total. The average Bonchev–Trinajstić information content (AvgIpc) is 3.30. The summed E-state index contributed by atoms with van der Waals surface area (Å²) in [6, 6.07) is 10.4. The first-order chi connectivity index (χ1) is 15.4. The van der Waals surface area contributed by atoms with E-state index >= 15 is 0 Å². The highest BCUT2D eigenvalue weighted by molar-refractivity contribution is 6.22. The van der Waals surface area contributed by atoms with Crippen LogP contribution in [0.3, 0.4) is 0 Å². The number of anilines is 1. The van der Waals surface area contributed by atoms with Crippen molar-refractivity contribution in [2.75, 3.05) is 11.9 Å². The Morgan fingerprint density at radius 3 is 2.47 bits per heavy atom. The summed E-state index contributed by atoms with van der Waals surface area (Å²) in [5.41, 5.74) is 4.23. The molecule has 1 unspecified atom stereocenters. The van der Waals surface area contributed by atoms with Crippen LogP contribution in [0.5, 0.6) is 0 Å². The van der Waals surface area contributed by atoms with E-state index in [0.717, 1.165) is 16.2 Å². The third-order valence-electron chi connectivity index (χ3n) is 5.57. The zero-order valence-electron chi connectivity index (χ0n) is 16.8. The molecule has 9 heteroatoms. The summed E-state index contributed by atoms with van der Waals surface area (Å²) in [6.07, 6.45) is -0.0767. The zero-order chi connectivity index (χ0) is 22.8. The Bertz CT molecular complexity index is 1160. The first-order valence-electron chi connectivity index (χ1n) is 9.90. The van der Waals surface area contributed by atoms with E-state index < -0.39 is 29.7 Å². The summed E-state index contributed by atoms with van der Waals surface area (Å²) in [7, 11) is 0. The second kappa shape index (κ2) is 8.53. The number of carboxylic acids is 1. The quantitative estimate of drug-likeness (QED) is 0.243. The van der Waals surface area contributed by atoms with E-state index in [1.54, 1.807) is 24.3 Å². The maximum atomic E-state index is 12.8. The zero-order valence-corrected chi connectivity index (χ0v) is 16.8. The summed E-state index contributed by atoms with van der Waals surface area (Å²) in [6.45, 7) is 0.450. The monoisotopic (exact) mass is 433 g/mol. The number of hydroxylamine groups is 1. The summed E-state index contributed by atoms with van der Waals surface area (Å²) in [5.74, 6) is 2.21. The van der Waals surface area contributed by atoms with Crippen molar-refractivity contribution in [3.05, 3.63) is 64.7 Å². The van der Waals surface area contributed by atoms with Crippen LogP contribution in [-0.2, 0) is 9.59 Å². The number of carbonyl (C=O) groups excluding carboxylic acids is 3. The Balaban J connectivity index is 1.53. The van der Waals surface area contributed by atoms with Gasteiger partial charge in [-0.05, 0) is 36.2 Å². The molecule has 2 aliphatic heterocycles. The second-order valence-electron chi connectivity index (χ2n) is 7.51. The Labute approximate surface area is 183 Å². The van der Waals surface area contributed by atoms with Gasteiger partial charge < -0.3 is 10.4 Å². The number of nitrogens with zero attached hydrogens (tertiary/aromatic N) is 1. The normalized spacial score (nSPS) is 17.0. The molecule has 0 spiro atoms. The minimum absolute atomic E-state index is 0.0719. The minimum Gasteiger partial charge on any atom is -0.480 e. The molecule has 32 heavy (non-hydrogen) atoms. The van der Waals surface area contributed by atoms with Crippen LogP contribution in [0.15, 0.2) is 42.5 Å². The predicted octanol–water partition coefficient (Wildman–Crippen LogP) is 1.58. The topological polar surface area (TPSA) is 136 Å². The van der Waals surface area contributed by atoms with Gasteiger partial charge in [0.15, 0.2) is 0 Å². The van der Waals surface area contributed by atoms with Crippen molar-refractivity contribution < 1.29 is 29.5 Å². The van der Waals surface area contributed by atoms with Crippen molar-refractivity contribution >= 4 is 29.4 Å². The Hall–Kier alpha value is -4.16. The fraction of sp³-hybridized carbons (Fsp3) is 0.217. The van der Waals surface area contributed by atoms with E-state index in [1.807, 2.05) is 6.07 Å². The predicted molar refractivity (Wildman–Crippen MR) is 112 cm³/mol. The van der Waals surface area contributed by atoms with Crippen LogP contribution in [0.1, 0.15) is 50.6 Å². The van der Waals surface area contributed by atoms with Crippen LogP contribution < -0.4 is 10.8 Å². The van der Waals surface area contributed by atoms with Crippen molar-refractivity contribution in [1.82, 2.24) is 10.4 Å². The number of nitrogens with one attached hydrogen (secondary N) is 2. The molecule has 0 saturated heterocycles. The fourth-order valence-corrected chi connectivity index (χ4v) is 4.04. The molecule has 0 fully saturated rings. The molecule has 2 heterocycles. The van der Waals surface area contributed by atoms with E-state index in [2.05, 4.69) is 17.2 Å². The van der Waals surface area contributed by atoms with Crippen LogP contribution in [0, 0.1) is 11.8 Å². The lowest BCUT2D eigenvalue weighted by Crippen LogP contribution is -2.45. The van der Waals surface area contributed by atoms with E-state index in [-0.39, 0.29) is 29.9 Å². The summed E-state index contributed by atoms with van der Waals surface area (Å²) >= 11 is 0. The maximum Gasteiger partial charge on any atom is 0.326 e. The van der Waals surface area contributed by atoms with Gasteiger partial charge >= 0.3 is 5.97 Å². The van der Waals surface area contributed by atoms with E-state index in [4.69, 9.17) is 5.21 Å². The first kappa shape index (κ1) is 21.1. The Morgan fingerprint density at radius 2 is 1.84 bits per heavy atom. The largest absolute Gasteiger partial charge is 0.480 e. The number of imide groups is 1. The number of aliphatic carboxylic acids is 1. The molecule has 9 nitrogen and oxygen atoms in total. The standard InChI is InChI=1S/C23H19N3O6/c27-20(25-32)7-3-4-13-8-9-15-14(12-24-18(15)10-13)11-19(23(30)31)26-21(28)16-5-1-2-6-17(16)22(26)29/h1-2,5-6,8-10,14,19,24,32H,7,11-12H2,(H,25,27)(H,30,31)/t14?,19-/m0/s1. The molecule has 4 rings (SSSR count). The number of carboxylic acid groups (broad SMARTS) is 1. The van der Waals surface area contributed by atoms with Gasteiger partial charge in [-0.25, -0.2) is 10.3 Å². The van der Waals surface area contributed by atoms with Crippen LogP contribution in [0.4, 0.5) is 5.69 Å². The van der Waals surface area contributed by atoms with Crippen molar-refractivity contribution in [2.24, 2.45) is 0 Å². The molecular formula is C23H19N3O6. The molecule has 2 aromatic carbocycles. The van der Waals surface area contributed by atoms with Crippen LogP contribution in [-0.4, -0.2) is 51.5 Å². The molecule has 0 radical (unpaired) electrons. The van der Waals surface area contributed by atoms with Gasteiger partial charge in [0.1, 0.15) is 6.04 Å². The number of benzene rings is 2. The number of carbonyl (C=O) groups is 4. The number of fused-ring (bicyclic) bond motifs is 2. The lowest BCUT2D eigenvalue weighted by molar-refractivity contribution is -0.142. The van der Waals surface area contributed by atoms with Crippen molar-refractivity contribution in [3.63, 3.8) is 0 Å². The number of hydrogen-bond donors (Lipinski definition) is 4. The van der Waals surface area contributed by atoms with Crippen LogP contribution >= 0.6 is 0 Å². The van der Waals surface area contributed by atoms with Gasteiger partial charge in [0.25, 0.3) is 17.7 Å². The lowest BCUT2D eigenvalue weighted by atomic mass is 9.92. The highest BCUT2D eigenvalue weighted by Crippen LogP contribution is 2.37. The molecule has 3 amide bonds. The molecular weight excluding hydrogens is 414 g/mol. The third-order valence-corrected chi connectivity index (χ3v) is 5.57. The van der Waals surface area contributed by atoms with Gasteiger partial charge in [-0.2, -0.15) is 0 Å². The highest BCUT2D eigenvalue weighted by Gasteiger charge is 2.44. The number of hydrogen-bond acceptors (Lipinski definition) is 6. The van der Waals surface area contributed by atoms with E-state index in [9.17, 15) is 24.3 Å². The van der Waals surface area contributed by atoms with Gasteiger partial charge in [-0.1, -0.05) is 30.0 Å². The molecule has 0 bridgehead atoms. The highest BCUT2D eigenvalue weighted by atomic mass is 16.5. The SMILES string of the molecule is O=C(CC#Cc1ccc2c(c1)NCC2C[C@@H](C(=O)O)N1C(=O)c2ccccc2C1=O)NO. The molecule has 2 aliphatic rings. The van der Waals surface area contributed by atoms with Gasteiger partial charge in [0, 0.05) is 23.7 Å². The Morgan fingerprint density at radius 1 is 1.16 bits per heavy atom. The van der Waals surface area contributed by atoms with Crippen molar-refractivity contribution in [1.29, 1.82) is 0 Å². The Kier molecular flexibility index (Phi) is 5.62. The average molecular weight is 433 g/mol. The van der Waals surface area contributed by atoms with Crippen LogP contribution in [0.2, 0.25) is 0 Å². The summed E-state index contributed by atoms with van der Waals surface area (Å²) in [4.78, 5) is 49.4. The van der Waals surface area contributed by atoms with Gasteiger partial charge in [-0.3, -0.25) is 24.5 Å². The van der Waals surface area contributed by atoms with E-state index in [1.165, 1.54) is 17.6 Å². The smallest absolute Gasteiger partial charge is 0.326 e. The number of rotatable bonds is 5. The van der Waals surface area contributed by atoms with Crippen LogP contribution in [0.25, 0.3) is 0 Å². The minimum atomic E-state index is -1.29. The lowest BCUT2D eigenvalue weighted by Gasteiger charge is -2.25. The van der Waals surface area contributed by atoms with Gasteiger partial charge in [0.2, 0.25) is 0 Å². The van der Waals surface area contributed by atoms with Gasteiger partial charge in [-0.15, -0.1) is 0 Å².